The number of halogens is 2. The van der Waals surface area contributed by atoms with E-state index in [0.29, 0.717) is 34.3 Å². The molecule has 1 aliphatic carbocycles. The number of anilines is 1. The van der Waals surface area contributed by atoms with Gasteiger partial charge in [-0.2, -0.15) is 0 Å². The summed E-state index contributed by atoms with van der Waals surface area (Å²) >= 11 is 5.87. The molecule has 2 aliphatic rings. The molecule has 0 amide bonds. The molecular formula is C22H25ClFN3O3. The first-order valence-corrected chi connectivity index (χ1v) is 10.6. The van der Waals surface area contributed by atoms with Crippen LogP contribution in [0, 0.1) is 17.2 Å². The number of piperidine rings is 1. The second-order valence-corrected chi connectivity index (χ2v) is 8.53. The van der Waals surface area contributed by atoms with E-state index in [9.17, 15) is 9.18 Å². The van der Waals surface area contributed by atoms with Crippen molar-refractivity contribution in [2.45, 2.75) is 32.1 Å². The number of aromatic nitrogens is 2. The molecule has 4 rings (SSSR count). The van der Waals surface area contributed by atoms with Gasteiger partial charge in [0.05, 0.1) is 37.6 Å². The number of hydrogen-bond acceptors (Lipinski definition) is 6. The number of carbonyl (C=O) groups is 1. The lowest BCUT2D eigenvalue weighted by Gasteiger charge is -2.33. The van der Waals surface area contributed by atoms with Crippen molar-refractivity contribution >= 4 is 23.5 Å². The van der Waals surface area contributed by atoms with Gasteiger partial charge in [0.25, 0.3) is 0 Å². The number of esters is 1. The largest absolute Gasteiger partial charge is 0.493 e. The summed E-state index contributed by atoms with van der Waals surface area (Å²) in [6.45, 7) is 2.46. The summed E-state index contributed by atoms with van der Waals surface area (Å²) in [5.74, 6) is 0.972. The van der Waals surface area contributed by atoms with Crippen LogP contribution in [0.1, 0.15) is 31.2 Å². The highest BCUT2D eigenvalue weighted by molar-refractivity contribution is 6.30. The lowest BCUT2D eigenvalue weighted by molar-refractivity contribution is -0.139. The zero-order valence-corrected chi connectivity index (χ0v) is 17.7. The maximum atomic E-state index is 14.1. The summed E-state index contributed by atoms with van der Waals surface area (Å²) in [7, 11) is 1.29. The summed E-state index contributed by atoms with van der Waals surface area (Å²) in [6, 6.07) is 4.62. The van der Waals surface area contributed by atoms with Crippen molar-refractivity contribution in [2.24, 2.45) is 11.3 Å². The van der Waals surface area contributed by atoms with Crippen LogP contribution in [-0.4, -0.2) is 42.7 Å². The summed E-state index contributed by atoms with van der Waals surface area (Å²) in [4.78, 5) is 22.1. The average molecular weight is 434 g/mol. The van der Waals surface area contributed by atoms with Crippen molar-refractivity contribution in [3.63, 3.8) is 0 Å². The molecule has 2 aromatic rings. The molecule has 30 heavy (non-hydrogen) atoms. The van der Waals surface area contributed by atoms with E-state index in [0.717, 1.165) is 38.3 Å². The van der Waals surface area contributed by atoms with E-state index in [1.165, 1.54) is 19.6 Å². The van der Waals surface area contributed by atoms with Crippen molar-refractivity contribution in [3.8, 4) is 5.75 Å². The van der Waals surface area contributed by atoms with Crippen LogP contribution in [0.2, 0.25) is 5.02 Å². The van der Waals surface area contributed by atoms with Gasteiger partial charge in [0.2, 0.25) is 5.95 Å². The fourth-order valence-electron chi connectivity index (χ4n) is 4.38. The van der Waals surface area contributed by atoms with Gasteiger partial charge >= 0.3 is 5.97 Å². The molecule has 1 atom stereocenters. The molecule has 0 bridgehead atoms. The van der Waals surface area contributed by atoms with Crippen LogP contribution in [0.4, 0.5) is 10.3 Å². The summed E-state index contributed by atoms with van der Waals surface area (Å²) in [6.07, 6.45) is 7.63. The summed E-state index contributed by atoms with van der Waals surface area (Å²) < 4.78 is 24.5. The Morgan fingerprint density at radius 3 is 2.70 bits per heavy atom. The quantitative estimate of drug-likeness (QED) is 0.613. The lowest BCUT2D eigenvalue weighted by Crippen LogP contribution is -2.36. The maximum Gasteiger partial charge on any atom is 0.310 e. The number of methoxy groups -OCH3 is 1. The van der Waals surface area contributed by atoms with Crippen LogP contribution in [0.5, 0.6) is 5.75 Å². The van der Waals surface area contributed by atoms with Crippen molar-refractivity contribution in [1.82, 2.24) is 9.97 Å². The van der Waals surface area contributed by atoms with Crippen molar-refractivity contribution < 1.29 is 18.7 Å². The highest BCUT2D eigenvalue weighted by Crippen LogP contribution is 2.60. The zero-order valence-electron chi connectivity index (χ0n) is 16.9. The maximum absolute atomic E-state index is 14.1. The Morgan fingerprint density at radius 2 is 2.03 bits per heavy atom. The third-order valence-corrected chi connectivity index (χ3v) is 6.52. The number of benzene rings is 1. The Labute approximate surface area is 180 Å². The second kappa shape index (κ2) is 8.76. The predicted molar refractivity (Wildman–Crippen MR) is 111 cm³/mol. The van der Waals surface area contributed by atoms with Crippen molar-refractivity contribution in [1.29, 1.82) is 0 Å². The molecular weight excluding hydrogens is 409 g/mol. The minimum atomic E-state index is -0.463. The van der Waals surface area contributed by atoms with E-state index >= 15 is 0 Å². The molecule has 1 aromatic heterocycles. The minimum Gasteiger partial charge on any atom is -0.493 e. The molecule has 2 heterocycles. The van der Waals surface area contributed by atoms with Gasteiger partial charge in [-0.05, 0) is 48.6 Å². The van der Waals surface area contributed by atoms with Gasteiger partial charge < -0.3 is 14.4 Å². The van der Waals surface area contributed by atoms with E-state index < -0.39 is 11.8 Å². The van der Waals surface area contributed by atoms with Crippen LogP contribution in [0.15, 0.2) is 30.6 Å². The molecule has 1 unspecified atom stereocenters. The molecule has 0 radical (unpaired) electrons. The molecule has 8 heteroatoms. The Balaban J connectivity index is 1.22. The minimum absolute atomic E-state index is 0.0781. The fraction of sp³-hybridized carbons (Fsp3) is 0.500. The molecule has 160 valence electrons. The van der Waals surface area contributed by atoms with Crippen molar-refractivity contribution in [3.05, 3.63) is 47.0 Å². The Kier molecular flexibility index (Phi) is 6.09. The van der Waals surface area contributed by atoms with Gasteiger partial charge in [-0.1, -0.05) is 17.7 Å². The average Bonchev–Trinajstić information content (AvgIpc) is 3.42. The van der Waals surface area contributed by atoms with Gasteiger partial charge in [0, 0.05) is 19.2 Å². The molecule has 1 saturated heterocycles. The van der Waals surface area contributed by atoms with Crippen LogP contribution < -0.4 is 9.64 Å². The van der Waals surface area contributed by atoms with Crippen LogP contribution in [-0.2, 0) is 16.0 Å². The van der Waals surface area contributed by atoms with Gasteiger partial charge in [-0.15, -0.1) is 0 Å². The molecule has 1 aromatic carbocycles. The summed E-state index contributed by atoms with van der Waals surface area (Å²) in [5.41, 5.74) is 0.716. The monoisotopic (exact) mass is 433 g/mol. The first-order valence-electron chi connectivity index (χ1n) is 10.2. The third kappa shape index (κ3) is 4.67. The molecule has 1 saturated carbocycles. The number of carbonyl (C=O) groups excluding carboxylic acids is 1. The SMILES string of the molecule is COC(=O)Cc1ccc(OCCC2CC23CCN(c2ncc(Cl)cn2)CC3)cc1F. The number of rotatable bonds is 7. The van der Waals surface area contributed by atoms with Gasteiger partial charge in [-0.3, -0.25) is 4.79 Å². The zero-order chi connectivity index (χ0) is 21.1. The number of nitrogens with zero attached hydrogens (tertiary/aromatic N) is 3. The fourth-order valence-corrected chi connectivity index (χ4v) is 4.48. The van der Waals surface area contributed by atoms with Crippen molar-refractivity contribution in [2.75, 3.05) is 31.7 Å². The predicted octanol–water partition coefficient (Wildman–Crippen LogP) is 4.06. The molecule has 1 spiro atoms. The normalized spacial score (nSPS) is 19.6. The highest BCUT2D eigenvalue weighted by atomic mass is 35.5. The van der Waals surface area contributed by atoms with Crippen LogP contribution in [0.3, 0.4) is 0 Å². The van der Waals surface area contributed by atoms with Crippen LogP contribution >= 0.6 is 11.6 Å². The second-order valence-electron chi connectivity index (χ2n) is 8.10. The first-order chi connectivity index (χ1) is 14.5. The molecule has 0 N–H and O–H groups in total. The number of ether oxygens (including phenoxy) is 2. The Bertz CT molecular complexity index is 901. The molecule has 1 aliphatic heterocycles. The van der Waals surface area contributed by atoms with Gasteiger partial charge in [0.15, 0.2) is 0 Å². The first kappa shape index (κ1) is 20.8. The van der Waals surface area contributed by atoms with E-state index in [2.05, 4.69) is 19.6 Å². The van der Waals surface area contributed by atoms with E-state index in [-0.39, 0.29) is 6.42 Å². The van der Waals surface area contributed by atoms with Gasteiger partial charge in [-0.25, -0.2) is 14.4 Å². The Morgan fingerprint density at radius 1 is 1.30 bits per heavy atom. The topological polar surface area (TPSA) is 64.6 Å². The van der Waals surface area contributed by atoms with E-state index in [4.69, 9.17) is 16.3 Å². The Hall–Kier alpha value is -2.41. The standard InChI is InChI=1S/C22H25ClFN3O3/c1-29-20(28)10-15-2-3-18(11-19(15)24)30-9-4-16-12-22(16)5-7-27(8-6-22)21-25-13-17(23)14-26-21/h2-3,11,13-14,16H,4-10,12H2,1H3. The molecule has 6 nitrogen and oxygen atoms in total. The third-order valence-electron chi connectivity index (χ3n) is 6.33. The smallest absolute Gasteiger partial charge is 0.310 e. The summed E-state index contributed by atoms with van der Waals surface area (Å²) in [5, 5.41) is 0.549. The lowest BCUT2D eigenvalue weighted by atomic mass is 9.90. The van der Waals surface area contributed by atoms with Gasteiger partial charge in [0.1, 0.15) is 11.6 Å². The number of hydrogen-bond donors (Lipinski definition) is 0. The molecule has 2 fully saturated rings. The van der Waals surface area contributed by atoms with E-state index in [1.807, 2.05) is 0 Å². The van der Waals surface area contributed by atoms with Crippen LogP contribution in [0.25, 0.3) is 0 Å². The highest BCUT2D eigenvalue weighted by Gasteiger charge is 2.54. The van der Waals surface area contributed by atoms with E-state index in [1.54, 1.807) is 24.5 Å².